The molecule has 0 saturated carbocycles. The quantitative estimate of drug-likeness (QED) is 0.585. The predicted octanol–water partition coefficient (Wildman–Crippen LogP) is 0.533. The third kappa shape index (κ3) is 1.99. The van der Waals surface area contributed by atoms with Crippen molar-refractivity contribution in [2.75, 3.05) is 24.6 Å². The van der Waals surface area contributed by atoms with E-state index in [4.69, 9.17) is 0 Å². The van der Waals surface area contributed by atoms with Crippen LogP contribution in [0.3, 0.4) is 0 Å². The molecule has 1 fully saturated rings. The molecule has 0 aromatic heterocycles. The summed E-state index contributed by atoms with van der Waals surface area (Å²) in [5.41, 5.74) is 0. The second kappa shape index (κ2) is 3.98. The minimum absolute atomic E-state index is 0.000833. The molecule has 1 atom stereocenters. The highest BCUT2D eigenvalue weighted by Gasteiger charge is 2.15. The van der Waals surface area contributed by atoms with Gasteiger partial charge in [-0.3, -0.25) is 9.69 Å². The summed E-state index contributed by atoms with van der Waals surface area (Å²) in [5, 5.41) is 0. The fourth-order valence-electron chi connectivity index (χ4n) is 1.04. The average molecular weight is 158 g/mol. The van der Waals surface area contributed by atoms with Gasteiger partial charge in [0.25, 0.3) is 0 Å². The van der Waals surface area contributed by atoms with Gasteiger partial charge in [-0.1, -0.05) is 0 Å². The Morgan fingerprint density at radius 3 is 2.60 bits per heavy atom. The van der Waals surface area contributed by atoms with Gasteiger partial charge in [0.05, 0.1) is 6.04 Å². The van der Waals surface area contributed by atoms with Crippen molar-refractivity contribution >= 4 is 18.0 Å². The zero-order valence-electron chi connectivity index (χ0n) is 6.17. The molecule has 0 aromatic carbocycles. The number of hydrogen-bond acceptors (Lipinski definition) is 3. The van der Waals surface area contributed by atoms with Gasteiger partial charge in [0.15, 0.2) is 0 Å². The first kappa shape index (κ1) is 8.08. The molecule has 3 heteroatoms. The van der Waals surface area contributed by atoms with Crippen LogP contribution >= 0.6 is 11.8 Å². The van der Waals surface area contributed by atoms with Crippen molar-refractivity contribution in [3.8, 4) is 0 Å². The summed E-state index contributed by atoms with van der Waals surface area (Å²) in [6, 6.07) is 0.000833. The van der Waals surface area contributed by atoms with E-state index in [0.29, 0.717) is 0 Å². The summed E-state index contributed by atoms with van der Waals surface area (Å²) < 4.78 is 0. The largest absolute Gasteiger partial charge is 0.292 e. The second-order valence-corrected chi connectivity index (χ2v) is 3.67. The van der Waals surface area contributed by atoms with Crippen LogP contribution in [0.5, 0.6) is 0 Å². The molecule has 1 unspecified atom stereocenters. The molecule has 10 heavy (non-hydrogen) atoms. The normalized spacial score (nSPS) is 24.1. The Balaban J connectivity index is 2.30. The fraction of sp³-hybridized carbons (Fsp3) is 0.857. The van der Waals surface area contributed by atoms with Gasteiger partial charge in [0, 0.05) is 24.6 Å². The maximum absolute atomic E-state index is 10.2. The number of carbonyl (C=O) groups excluding carboxylic acids is 1. The molecule has 1 heterocycles. The van der Waals surface area contributed by atoms with Crippen molar-refractivity contribution in [1.82, 2.24) is 4.90 Å². The zero-order valence-corrected chi connectivity index (χ0v) is 6.99. The summed E-state index contributed by atoms with van der Waals surface area (Å²) in [6.45, 7) is 3.99. The highest BCUT2D eigenvalue weighted by atomic mass is 32.2. The molecule has 0 spiro atoms. The molecule has 0 amide bonds. The highest BCUT2D eigenvalue weighted by Crippen LogP contribution is 2.10. The van der Waals surface area contributed by atoms with E-state index in [9.17, 15) is 4.79 Å². The zero-order chi connectivity index (χ0) is 7.40. The Morgan fingerprint density at radius 1 is 1.50 bits per heavy atom. The van der Waals surface area contributed by atoms with E-state index in [1.54, 1.807) is 0 Å². The number of hydrogen-bond donors (Lipinski definition) is 0. The van der Waals surface area contributed by atoms with Crippen molar-refractivity contribution in [3.63, 3.8) is 0 Å². The second-order valence-electron chi connectivity index (χ2n) is 2.44. The molecule has 0 aliphatic carbocycles. The molecular weight excluding hydrogens is 146 g/mol. The van der Waals surface area contributed by atoms with Gasteiger partial charge in [-0.25, -0.2) is 0 Å². The molecule has 0 aromatic rings. The Hall–Kier alpha value is -0.0200. The Morgan fingerprint density at radius 2 is 2.10 bits per heavy atom. The summed E-state index contributed by atoms with van der Waals surface area (Å²) in [4.78, 5) is 12.4. The van der Waals surface area contributed by atoms with E-state index in [1.807, 2.05) is 25.0 Å². The minimum Gasteiger partial charge on any atom is -0.292 e. The first-order chi connectivity index (χ1) is 4.84. The molecule has 57 valence electrons. The summed E-state index contributed by atoms with van der Waals surface area (Å²) >= 11 is 1.96. The van der Waals surface area contributed by atoms with Crippen LogP contribution in [0.15, 0.2) is 0 Å². The van der Waals surface area contributed by atoms with Gasteiger partial charge in [-0.2, -0.15) is 11.8 Å². The molecule has 1 aliphatic heterocycles. The predicted molar refractivity (Wildman–Crippen MR) is 44.1 cm³/mol. The lowest BCUT2D eigenvalue weighted by molar-refractivity contribution is 0.274. The van der Waals surface area contributed by atoms with Crippen LogP contribution in [-0.2, 0) is 4.79 Å². The summed E-state index contributed by atoms with van der Waals surface area (Å²) in [6.07, 6.45) is 2.00. The lowest BCUT2D eigenvalue weighted by atomic mass is 10.3. The van der Waals surface area contributed by atoms with Crippen molar-refractivity contribution < 1.29 is 4.79 Å². The Kier molecular flexibility index (Phi) is 3.22. The Bertz CT molecular complexity index is 112. The monoisotopic (exact) mass is 158 g/mol. The fourth-order valence-corrected chi connectivity index (χ4v) is 1.97. The third-order valence-electron chi connectivity index (χ3n) is 1.76. The smallest absolute Gasteiger partial charge is 0.216 e. The van der Waals surface area contributed by atoms with Gasteiger partial charge in [-0.15, -0.1) is 0 Å². The molecule has 0 bridgehead atoms. The maximum Gasteiger partial charge on any atom is 0.216 e. The van der Waals surface area contributed by atoms with E-state index < -0.39 is 0 Å². The van der Waals surface area contributed by atoms with Crippen molar-refractivity contribution in [2.24, 2.45) is 0 Å². The highest BCUT2D eigenvalue weighted by molar-refractivity contribution is 7.99. The minimum atomic E-state index is 0.000833. The van der Waals surface area contributed by atoms with Gasteiger partial charge in [0.2, 0.25) is 6.29 Å². The number of thioether (sulfide) groups is 1. The van der Waals surface area contributed by atoms with Gasteiger partial charge < -0.3 is 0 Å². The lowest BCUT2D eigenvalue weighted by Gasteiger charge is -2.28. The molecule has 2 nitrogen and oxygen atoms in total. The molecule has 1 saturated heterocycles. The van der Waals surface area contributed by atoms with Crippen molar-refractivity contribution in [3.05, 3.63) is 0 Å². The number of rotatable bonds is 2. The average Bonchev–Trinajstić information content (AvgIpc) is 2.05. The van der Waals surface area contributed by atoms with Crippen LogP contribution < -0.4 is 0 Å². The molecule has 0 N–H and O–H groups in total. The van der Waals surface area contributed by atoms with Gasteiger partial charge in [-0.05, 0) is 6.92 Å². The van der Waals surface area contributed by atoms with Crippen molar-refractivity contribution in [1.29, 1.82) is 0 Å². The first-order valence-electron chi connectivity index (χ1n) is 3.54. The van der Waals surface area contributed by atoms with Crippen LogP contribution in [0.1, 0.15) is 6.92 Å². The van der Waals surface area contributed by atoms with Gasteiger partial charge in [0.1, 0.15) is 0 Å². The van der Waals surface area contributed by atoms with Crippen LogP contribution in [0, 0.1) is 0 Å². The van der Waals surface area contributed by atoms with E-state index in [2.05, 4.69) is 4.90 Å². The van der Waals surface area contributed by atoms with E-state index >= 15 is 0 Å². The van der Waals surface area contributed by atoms with Crippen LogP contribution in [0.25, 0.3) is 0 Å². The lowest BCUT2D eigenvalue weighted by Crippen LogP contribution is -2.40. The molecule has 1 aliphatic rings. The molecular formula is C7H12NOS. The molecule has 1 radical (unpaired) electrons. The molecule has 1 rings (SSSR count). The Labute approximate surface area is 66.0 Å². The maximum atomic E-state index is 10.2. The van der Waals surface area contributed by atoms with Crippen LogP contribution in [-0.4, -0.2) is 41.8 Å². The number of nitrogens with zero attached hydrogens (tertiary/aromatic N) is 1. The standard InChI is InChI=1S/C7H12NOS/c1-7(6-9)8-2-4-10-5-3-8/h7H,2-5H2,1H3. The van der Waals surface area contributed by atoms with E-state index in [-0.39, 0.29) is 6.04 Å². The summed E-state index contributed by atoms with van der Waals surface area (Å²) in [5.74, 6) is 2.32. The van der Waals surface area contributed by atoms with E-state index in [1.165, 1.54) is 0 Å². The summed E-state index contributed by atoms with van der Waals surface area (Å²) in [7, 11) is 0. The third-order valence-corrected chi connectivity index (χ3v) is 2.71. The van der Waals surface area contributed by atoms with Gasteiger partial charge >= 0.3 is 0 Å². The van der Waals surface area contributed by atoms with Crippen LogP contribution in [0.2, 0.25) is 0 Å². The first-order valence-corrected chi connectivity index (χ1v) is 4.69. The SMILES string of the molecule is CC([C]=O)N1CCSCC1. The van der Waals surface area contributed by atoms with Crippen molar-refractivity contribution in [2.45, 2.75) is 13.0 Å². The van der Waals surface area contributed by atoms with Crippen LogP contribution in [0.4, 0.5) is 0 Å². The van der Waals surface area contributed by atoms with E-state index in [0.717, 1.165) is 24.6 Å². The topological polar surface area (TPSA) is 20.3 Å².